The Morgan fingerprint density at radius 2 is 1.78 bits per heavy atom. The highest BCUT2D eigenvalue weighted by Gasteiger charge is 2.48. The highest BCUT2D eigenvalue weighted by Crippen LogP contribution is 2.22. The lowest BCUT2D eigenvalue weighted by Crippen LogP contribution is -2.48. The summed E-state index contributed by atoms with van der Waals surface area (Å²) in [5.41, 5.74) is 3.48. The second kappa shape index (κ2) is 8.70. The van der Waals surface area contributed by atoms with Crippen LogP contribution in [0, 0.1) is 0 Å². The summed E-state index contributed by atoms with van der Waals surface area (Å²) in [7, 11) is 0. The molecule has 32 heavy (non-hydrogen) atoms. The first-order valence-electron chi connectivity index (χ1n) is 10.5. The summed E-state index contributed by atoms with van der Waals surface area (Å²) in [6, 6.07) is 16.0. The zero-order valence-electron chi connectivity index (χ0n) is 17.7. The monoisotopic (exact) mass is 436 g/mol. The fourth-order valence-electron chi connectivity index (χ4n) is 3.80. The second-order valence-corrected chi connectivity index (χ2v) is 8.01. The molecule has 4 amide bonds. The van der Waals surface area contributed by atoms with Crippen molar-refractivity contribution in [1.29, 1.82) is 0 Å². The van der Waals surface area contributed by atoms with Gasteiger partial charge in [-0.1, -0.05) is 42.5 Å². The van der Waals surface area contributed by atoms with Crippen LogP contribution in [0.2, 0.25) is 0 Å². The normalized spacial score (nSPS) is 18.2. The number of urea groups is 1. The molecule has 0 bridgehead atoms. The Morgan fingerprint density at radius 1 is 1.06 bits per heavy atom. The molecule has 0 aliphatic carbocycles. The van der Waals surface area contributed by atoms with E-state index in [0.29, 0.717) is 30.4 Å². The zero-order valence-corrected chi connectivity index (χ0v) is 17.7. The number of hydrogen-bond donors (Lipinski definition) is 2. The number of carbonyl (C=O) groups is 3. The van der Waals surface area contributed by atoms with Gasteiger partial charge in [0.2, 0.25) is 5.91 Å². The Hall–Kier alpha value is -3.88. The summed E-state index contributed by atoms with van der Waals surface area (Å²) in [6.07, 6.45) is 1.39. The molecule has 0 spiro atoms. The number of imide groups is 1. The van der Waals surface area contributed by atoms with Crippen molar-refractivity contribution in [2.75, 3.05) is 0 Å². The standard InChI is InChI=1S/C23H24N4O5/c1-23(14-13-16-8-3-2-4-9-16)20(29)27(21(30)24-23)25-19(28)12-7-15-26-17-10-5-6-11-18(17)32-22(26)31/h2-6,8-11H,7,12-15H2,1H3,(H,24,30)(H,25,28). The van der Waals surface area contributed by atoms with Gasteiger partial charge in [-0.05, 0) is 43.9 Å². The molecule has 1 aliphatic rings. The van der Waals surface area contributed by atoms with Crippen molar-refractivity contribution in [2.45, 2.75) is 44.7 Å². The smallest absolute Gasteiger partial charge is 0.408 e. The Morgan fingerprint density at radius 3 is 2.56 bits per heavy atom. The molecule has 1 unspecified atom stereocenters. The van der Waals surface area contributed by atoms with E-state index in [-0.39, 0.29) is 13.0 Å². The van der Waals surface area contributed by atoms with Crippen LogP contribution in [0.15, 0.2) is 63.8 Å². The topological polar surface area (TPSA) is 114 Å². The van der Waals surface area contributed by atoms with E-state index in [1.165, 1.54) is 4.57 Å². The van der Waals surface area contributed by atoms with Crippen molar-refractivity contribution < 1.29 is 18.8 Å². The molecule has 1 aliphatic heterocycles. The number of carbonyl (C=O) groups excluding carboxylic acids is 3. The predicted molar refractivity (Wildman–Crippen MR) is 116 cm³/mol. The predicted octanol–water partition coefficient (Wildman–Crippen LogP) is 2.35. The maximum Gasteiger partial charge on any atom is 0.419 e. The van der Waals surface area contributed by atoms with E-state index in [1.54, 1.807) is 31.2 Å². The van der Waals surface area contributed by atoms with Crippen molar-refractivity contribution in [1.82, 2.24) is 20.3 Å². The Labute approximate surface area is 184 Å². The fourth-order valence-corrected chi connectivity index (χ4v) is 3.80. The Kier molecular flexibility index (Phi) is 5.81. The van der Waals surface area contributed by atoms with Crippen LogP contribution in [0.5, 0.6) is 0 Å². The van der Waals surface area contributed by atoms with Gasteiger partial charge in [0.25, 0.3) is 5.91 Å². The summed E-state index contributed by atoms with van der Waals surface area (Å²) >= 11 is 0. The maximum absolute atomic E-state index is 12.8. The number of fused-ring (bicyclic) bond motifs is 1. The average molecular weight is 436 g/mol. The lowest BCUT2D eigenvalue weighted by molar-refractivity contribution is -0.138. The minimum Gasteiger partial charge on any atom is -0.408 e. The van der Waals surface area contributed by atoms with E-state index < -0.39 is 29.1 Å². The number of oxazole rings is 1. The minimum absolute atomic E-state index is 0.0315. The Balaban J connectivity index is 1.31. The molecule has 166 valence electrons. The number of aromatic nitrogens is 1. The van der Waals surface area contributed by atoms with Gasteiger partial charge in [-0.2, -0.15) is 5.01 Å². The van der Waals surface area contributed by atoms with E-state index in [1.807, 2.05) is 30.3 Å². The van der Waals surface area contributed by atoms with Crippen LogP contribution in [0.3, 0.4) is 0 Å². The number of hydrazine groups is 1. The van der Waals surface area contributed by atoms with Crippen LogP contribution >= 0.6 is 0 Å². The second-order valence-electron chi connectivity index (χ2n) is 8.01. The molecule has 9 nitrogen and oxygen atoms in total. The number of aryl methyl sites for hydroxylation is 2. The van der Waals surface area contributed by atoms with Crippen LogP contribution in [0.25, 0.3) is 11.1 Å². The van der Waals surface area contributed by atoms with Crippen LogP contribution in [-0.2, 0) is 22.6 Å². The van der Waals surface area contributed by atoms with Crippen LogP contribution in [0.1, 0.15) is 31.7 Å². The van der Waals surface area contributed by atoms with Gasteiger partial charge in [0.05, 0.1) is 5.52 Å². The van der Waals surface area contributed by atoms with E-state index in [4.69, 9.17) is 4.42 Å². The van der Waals surface area contributed by atoms with Crippen molar-refractivity contribution in [3.8, 4) is 0 Å². The minimum atomic E-state index is -1.09. The molecule has 3 aromatic rings. The van der Waals surface area contributed by atoms with Crippen molar-refractivity contribution >= 4 is 28.9 Å². The zero-order chi connectivity index (χ0) is 22.7. The highest BCUT2D eigenvalue weighted by molar-refractivity contribution is 6.07. The van der Waals surface area contributed by atoms with Gasteiger partial charge in [0, 0.05) is 13.0 Å². The van der Waals surface area contributed by atoms with Crippen molar-refractivity contribution in [2.24, 2.45) is 0 Å². The van der Waals surface area contributed by atoms with Gasteiger partial charge in [0.1, 0.15) is 5.54 Å². The summed E-state index contributed by atoms with van der Waals surface area (Å²) in [5, 5.41) is 3.42. The number of nitrogens with zero attached hydrogens (tertiary/aromatic N) is 2. The van der Waals surface area contributed by atoms with E-state index in [2.05, 4.69) is 10.7 Å². The molecule has 1 saturated heterocycles. The molecule has 2 N–H and O–H groups in total. The highest BCUT2D eigenvalue weighted by atomic mass is 16.4. The molecular weight excluding hydrogens is 412 g/mol. The van der Waals surface area contributed by atoms with Crippen LogP contribution in [0.4, 0.5) is 4.79 Å². The van der Waals surface area contributed by atoms with Crippen molar-refractivity contribution in [3.05, 3.63) is 70.7 Å². The average Bonchev–Trinajstić information content (AvgIpc) is 3.21. The molecule has 9 heteroatoms. The first-order valence-corrected chi connectivity index (χ1v) is 10.5. The maximum atomic E-state index is 12.8. The Bertz CT molecular complexity index is 1220. The van der Waals surface area contributed by atoms with Gasteiger partial charge < -0.3 is 9.73 Å². The summed E-state index contributed by atoms with van der Waals surface area (Å²) < 4.78 is 6.63. The number of hydrogen-bond acceptors (Lipinski definition) is 5. The van der Waals surface area contributed by atoms with E-state index in [9.17, 15) is 19.2 Å². The quantitative estimate of drug-likeness (QED) is 0.526. The van der Waals surface area contributed by atoms with Gasteiger partial charge in [-0.3, -0.25) is 19.6 Å². The molecule has 4 rings (SSSR count). The third kappa shape index (κ3) is 4.27. The number of para-hydroxylation sites is 2. The summed E-state index contributed by atoms with van der Waals surface area (Å²) in [4.78, 5) is 49.5. The van der Waals surface area contributed by atoms with Crippen LogP contribution < -0.4 is 16.5 Å². The molecule has 1 aromatic heterocycles. The molecule has 1 atom stereocenters. The van der Waals surface area contributed by atoms with E-state index >= 15 is 0 Å². The lowest BCUT2D eigenvalue weighted by Gasteiger charge is -2.21. The van der Waals surface area contributed by atoms with Gasteiger partial charge in [0.15, 0.2) is 5.58 Å². The first kappa shape index (κ1) is 21.4. The number of nitrogens with one attached hydrogen (secondary N) is 2. The van der Waals surface area contributed by atoms with Crippen LogP contribution in [-0.4, -0.2) is 33.0 Å². The van der Waals surface area contributed by atoms with Gasteiger partial charge in [-0.25, -0.2) is 9.59 Å². The number of amides is 4. The SMILES string of the molecule is CC1(CCc2ccccc2)NC(=O)N(NC(=O)CCCn2c(=O)oc3ccccc32)C1=O. The van der Waals surface area contributed by atoms with Crippen molar-refractivity contribution in [3.63, 3.8) is 0 Å². The summed E-state index contributed by atoms with van der Waals surface area (Å²) in [6.45, 7) is 1.93. The third-order valence-electron chi connectivity index (χ3n) is 5.61. The van der Waals surface area contributed by atoms with Gasteiger partial charge in [-0.15, -0.1) is 0 Å². The molecule has 1 fully saturated rings. The van der Waals surface area contributed by atoms with Gasteiger partial charge >= 0.3 is 11.8 Å². The third-order valence-corrected chi connectivity index (χ3v) is 5.61. The number of benzene rings is 2. The molecule has 0 radical (unpaired) electrons. The molecule has 2 heterocycles. The van der Waals surface area contributed by atoms with E-state index in [0.717, 1.165) is 10.6 Å². The molecular formula is C23H24N4O5. The molecule has 0 saturated carbocycles. The largest absolute Gasteiger partial charge is 0.419 e. The first-order chi connectivity index (χ1) is 15.4. The summed E-state index contributed by atoms with van der Waals surface area (Å²) in [5.74, 6) is -1.47. The lowest BCUT2D eigenvalue weighted by atomic mass is 9.93. The number of rotatable bonds is 8. The fraction of sp³-hybridized carbons (Fsp3) is 0.304. The molecule has 2 aromatic carbocycles.